The van der Waals surface area contributed by atoms with Crippen LogP contribution >= 0.6 is 15.9 Å². The molecule has 21 heavy (non-hydrogen) atoms. The number of anilines is 1. The number of hydrogen-bond acceptors (Lipinski definition) is 4. The number of nitrogens with zero attached hydrogens (tertiary/aromatic N) is 1. The first kappa shape index (κ1) is 15.0. The lowest BCUT2D eigenvalue weighted by Gasteiger charge is -2.08. The first-order chi connectivity index (χ1) is 9.97. The molecule has 2 aromatic carbocycles. The number of nitro benzene ring substituents is 1. The summed E-state index contributed by atoms with van der Waals surface area (Å²) < 4.78 is 0.618. The molecule has 2 aromatic rings. The Labute approximate surface area is 128 Å². The number of halogens is 1. The highest BCUT2D eigenvalue weighted by molar-refractivity contribution is 9.10. The summed E-state index contributed by atoms with van der Waals surface area (Å²) in [5, 5.41) is 22.9. The van der Waals surface area contributed by atoms with Crippen LogP contribution in [0.25, 0.3) is 0 Å². The Kier molecular flexibility index (Phi) is 4.54. The second kappa shape index (κ2) is 6.36. The van der Waals surface area contributed by atoms with Crippen molar-refractivity contribution in [2.24, 2.45) is 0 Å². The molecular weight excluding hydrogens is 340 g/mol. The van der Waals surface area contributed by atoms with Crippen LogP contribution in [-0.4, -0.2) is 16.0 Å². The van der Waals surface area contributed by atoms with Crippen molar-refractivity contribution in [1.82, 2.24) is 0 Å². The molecule has 0 aliphatic rings. The molecule has 0 unspecified atom stereocenters. The van der Waals surface area contributed by atoms with E-state index in [9.17, 15) is 14.9 Å². The lowest BCUT2D eigenvalue weighted by molar-refractivity contribution is -0.385. The maximum absolute atomic E-state index is 11.0. The van der Waals surface area contributed by atoms with Crippen LogP contribution in [0, 0.1) is 10.1 Å². The minimum atomic E-state index is -1.04. The summed E-state index contributed by atoms with van der Waals surface area (Å²) in [7, 11) is 0. The van der Waals surface area contributed by atoms with Crippen molar-refractivity contribution in [3.8, 4) is 0 Å². The molecule has 2 N–H and O–H groups in total. The van der Waals surface area contributed by atoms with E-state index in [-0.39, 0.29) is 17.8 Å². The molecule has 0 atom stereocenters. The van der Waals surface area contributed by atoms with Gasteiger partial charge in [-0.2, -0.15) is 0 Å². The fraction of sp³-hybridized carbons (Fsp3) is 0.0714. The van der Waals surface area contributed by atoms with Gasteiger partial charge in [0.25, 0.3) is 5.69 Å². The topological polar surface area (TPSA) is 92.5 Å². The summed E-state index contributed by atoms with van der Waals surface area (Å²) in [5.74, 6) is -1.04. The number of carboxylic acid groups (broad SMARTS) is 1. The lowest BCUT2D eigenvalue weighted by Crippen LogP contribution is -2.04. The van der Waals surface area contributed by atoms with E-state index < -0.39 is 10.9 Å². The summed E-state index contributed by atoms with van der Waals surface area (Å²) in [4.78, 5) is 21.5. The Balaban J connectivity index is 2.21. The first-order valence-electron chi connectivity index (χ1n) is 5.97. The van der Waals surface area contributed by atoms with Crippen molar-refractivity contribution < 1.29 is 14.8 Å². The van der Waals surface area contributed by atoms with Gasteiger partial charge in [-0.3, -0.25) is 10.1 Å². The predicted molar refractivity (Wildman–Crippen MR) is 81.5 cm³/mol. The Hall–Kier alpha value is -2.41. The zero-order valence-corrected chi connectivity index (χ0v) is 12.3. The molecule has 0 saturated heterocycles. The minimum absolute atomic E-state index is 0.0263. The molecule has 0 amide bonds. The third-order valence-corrected chi connectivity index (χ3v) is 3.27. The van der Waals surface area contributed by atoms with E-state index in [1.807, 2.05) is 0 Å². The van der Waals surface area contributed by atoms with Crippen molar-refractivity contribution >= 4 is 33.3 Å². The van der Waals surface area contributed by atoms with Gasteiger partial charge in [0.2, 0.25) is 0 Å². The van der Waals surface area contributed by atoms with Crippen LogP contribution in [0.1, 0.15) is 15.9 Å². The summed E-state index contributed by atoms with van der Waals surface area (Å²) in [5.41, 5.74) is 1.26. The molecule has 7 heteroatoms. The van der Waals surface area contributed by atoms with Crippen LogP contribution in [0.4, 0.5) is 11.4 Å². The van der Waals surface area contributed by atoms with Gasteiger partial charge in [-0.15, -0.1) is 0 Å². The molecule has 0 aliphatic heterocycles. The maximum atomic E-state index is 11.0. The lowest BCUT2D eigenvalue weighted by atomic mass is 10.1. The average Bonchev–Trinajstić information content (AvgIpc) is 2.44. The number of para-hydroxylation sites is 1. The number of rotatable bonds is 5. The molecule has 6 nitrogen and oxygen atoms in total. The molecule has 0 spiro atoms. The predicted octanol–water partition coefficient (Wildman–Crippen LogP) is 3.67. The SMILES string of the molecule is O=C(O)c1cc(Br)cc(NCc2ccccc2[N+](=O)[O-])c1. The fourth-order valence-corrected chi connectivity index (χ4v) is 2.34. The molecule has 0 saturated carbocycles. The van der Waals surface area contributed by atoms with E-state index in [4.69, 9.17) is 5.11 Å². The molecule has 0 aliphatic carbocycles. The summed E-state index contributed by atoms with van der Waals surface area (Å²) in [6.07, 6.45) is 0. The highest BCUT2D eigenvalue weighted by atomic mass is 79.9. The highest BCUT2D eigenvalue weighted by Gasteiger charge is 2.12. The van der Waals surface area contributed by atoms with E-state index >= 15 is 0 Å². The van der Waals surface area contributed by atoms with E-state index in [1.165, 1.54) is 18.2 Å². The standard InChI is InChI=1S/C14H11BrN2O4/c15-11-5-10(14(18)19)6-12(7-11)16-8-9-3-1-2-4-13(9)17(20)21/h1-7,16H,8H2,(H,18,19). The zero-order chi connectivity index (χ0) is 15.4. The molecule has 2 rings (SSSR count). The molecule has 108 valence electrons. The van der Waals surface area contributed by atoms with Gasteiger partial charge in [-0.05, 0) is 18.2 Å². The quantitative estimate of drug-likeness (QED) is 0.633. The van der Waals surface area contributed by atoms with Gasteiger partial charge in [0.1, 0.15) is 0 Å². The number of benzene rings is 2. The van der Waals surface area contributed by atoms with Crippen molar-refractivity contribution in [3.05, 3.63) is 68.2 Å². The second-order valence-corrected chi connectivity index (χ2v) is 5.19. The first-order valence-corrected chi connectivity index (χ1v) is 6.76. The number of nitrogens with one attached hydrogen (secondary N) is 1. The van der Waals surface area contributed by atoms with Crippen molar-refractivity contribution in [2.75, 3.05) is 5.32 Å². The minimum Gasteiger partial charge on any atom is -0.478 e. The Morgan fingerprint density at radius 2 is 2.00 bits per heavy atom. The van der Waals surface area contributed by atoms with Crippen LogP contribution in [0.3, 0.4) is 0 Å². The number of carboxylic acids is 1. The number of carbonyl (C=O) groups is 1. The van der Waals surface area contributed by atoms with Crippen molar-refractivity contribution in [3.63, 3.8) is 0 Å². The van der Waals surface area contributed by atoms with E-state index in [1.54, 1.807) is 24.3 Å². The Bertz CT molecular complexity index is 703. The molecular formula is C14H11BrN2O4. The normalized spacial score (nSPS) is 10.1. The van der Waals surface area contributed by atoms with Gasteiger partial charge < -0.3 is 10.4 Å². The zero-order valence-electron chi connectivity index (χ0n) is 10.7. The molecule has 0 fully saturated rings. The number of hydrogen-bond donors (Lipinski definition) is 2. The number of nitro groups is 1. The van der Waals surface area contributed by atoms with Gasteiger partial charge in [-0.1, -0.05) is 34.1 Å². The van der Waals surface area contributed by atoms with Crippen LogP contribution in [0.15, 0.2) is 46.9 Å². The van der Waals surface area contributed by atoms with Crippen molar-refractivity contribution in [1.29, 1.82) is 0 Å². The molecule has 0 aromatic heterocycles. The van der Waals surface area contributed by atoms with E-state index in [0.717, 1.165) is 0 Å². The van der Waals surface area contributed by atoms with E-state index in [0.29, 0.717) is 15.7 Å². The van der Waals surface area contributed by atoms with Crippen LogP contribution < -0.4 is 5.32 Å². The van der Waals surface area contributed by atoms with Gasteiger partial charge >= 0.3 is 5.97 Å². The molecule has 0 heterocycles. The summed E-state index contributed by atoms with van der Waals surface area (Å²) >= 11 is 3.23. The van der Waals surface area contributed by atoms with Crippen LogP contribution in [-0.2, 0) is 6.54 Å². The average molecular weight is 351 g/mol. The van der Waals surface area contributed by atoms with Crippen molar-refractivity contribution in [2.45, 2.75) is 6.54 Å². The number of aromatic carboxylic acids is 1. The van der Waals surface area contributed by atoms with E-state index in [2.05, 4.69) is 21.2 Å². The second-order valence-electron chi connectivity index (χ2n) is 4.27. The third-order valence-electron chi connectivity index (χ3n) is 2.82. The smallest absolute Gasteiger partial charge is 0.335 e. The molecule has 0 bridgehead atoms. The van der Waals surface area contributed by atoms with Gasteiger partial charge in [0, 0.05) is 28.3 Å². The third kappa shape index (κ3) is 3.79. The van der Waals surface area contributed by atoms with Crippen LogP contribution in [0.5, 0.6) is 0 Å². The molecule has 0 radical (unpaired) electrons. The maximum Gasteiger partial charge on any atom is 0.335 e. The summed E-state index contributed by atoms with van der Waals surface area (Å²) in [6, 6.07) is 11.1. The Morgan fingerprint density at radius 1 is 1.29 bits per heavy atom. The fourth-order valence-electron chi connectivity index (χ4n) is 1.85. The largest absolute Gasteiger partial charge is 0.478 e. The monoisotopic (exact) mass is 350 g/mol. The highest BCUT2D eigenvalue weighted by Crippen LogP contribution is 2.22. The van der Waals surface area contributed by atoms with Crippen LogP contribution in [0.2, 0.25) is 0 Å². The summed E-state index contributed by atoms with van der Waals surface area (Å²) in [6.45, 7) is 0.229. The van der Waals surface area contributed by atoms with Gasteiger partial charge in [0.15, 0.2) is 0 Å². The Morgan fingerprint density at radius 3 is 2.67 bits per heavy atom. The van der Waals surface area contributed by atoms with Gasteiger partial charge in [-0.25, -0.2) is 4.79 Å². The van der Waals surface area contributed by atoms with Gasteiger partial charge in [0.05, 0.1) is 10.5 Å².